The minimum atomic E-state index is -0.721. The molecule has 0 amide bonds. The molecule has 0 radical (unpaired) electrons. The summed E-state index contributed by atoms with van der Waals surface area (Å²) in [4.78, 5) is 11.3. The minimum absolute atomic E-state index is 0.244. The molecule has 0 spiro atoms. The molecule has 2 nitrogen and oxygen atoms in total. The molecular weight excluding hydrogens is 169 g/mol. The molecule has 0 aliphatic rings. The van der Waals surface area contributed by atoms with E-state index < -0.39 is 11.7 Å². The number of carbonyl (C=O) groups excluding carboxylic acids is 1. The Labute approximate surface area is 75.6 Å². The molecule has 13 heavy (non-hydrogen) atoms. The largest absolute Gasteiger partial charge is 0.293 e. The molecule has 1 unspecified atom stereocenters. The van der Waals surface area contributed by atoms with Crippen molar-refractivity contribution in [2.75, 3.05) is 0 Å². The van der Waals surface area contributed by atoms with E-state index in [0.29, 0.717) is 0 Å². The number of hydrogen-bond donors (Lipinski definition) is 0. The van der Waals surface area contributed by atoms with Gasteiger partial charge in [-0.2, -0.15) is 5.26 Å². The highest BCUT2D eigenvalue weighted by Gasteiger charge is 2.14. The Hall–Kier alpha value is -1.69. The van der Waals surface area contributed by atoms with Gasteiger partial charge in [0.25, 0.3) is 0 Å². The summed E-state index contributed by atoms with van der Waals surface area (Å²) < 4.78 is 12.7. The predicted octanol–water partition coefficient (Wildman–Crippen LogP) is 2.17. The van der Waals surface area contributed by atoms with Crippen LogP contribution in [-0.4, -0.2) is 5.78 Å². The molecule has 1 aromatic rings. The van der Waals surface area contributed by atoms with Crippen LogP contribution in [0.5, 0.6) is 0 Å². The molecule has 1 aromatic carbocycles. The summed E-state index contributed by atoms with van der Waals surface area (Å²) >= 11 is 0. The second-order valence-electron chi connectivity index (χ2n) is 2.73. The second-order valence-corrected chi connectivity index (χ2v) is 2.73. The number of Topliss-reactive ketones (excluding diaryl/α,β-unsaturated/α-hetero) is 1. The van der Waals surface area contributed by atoms with Crippen molar-refractivity contribution >= 4 is 5.78 Å². The first-order valence-electron chi connectivity index (χ1n) is 3.84. The van der Waals surface area contributed by atoms with Crippen LogP contribution in [0.4, 0.5) is 4.39 Å². The molecule has 3 heteroatoms. The normalized spacial score (nSPS) is 11.8. The summed E-state index contributed by atoms with van der Waals surface area (Å²) in [6.07, 6.45) is 0. The Kier molecular flexibility index (Phi) is 2.76. The van der Waals surface area contributed by atoms with Crippen LogP contribution in [0.3, 0.4) is 0 Å². The molecule has 1 atom stereocenters. The molecule has 0 fully saturated rings. The predicted molar refractivity (Wildman–Crippen MR) is 45.5 cm³/mol. The lowest BCUT2D eigenvalue weighted by atomic mass is 10.0. The Morgan fingerprint density at radius 3 is 2.85 bits per heavy atom. The summed E-state index contributed by atoms with van der Waals surface area (Å²) in [5.41, 5.74) is 0.244. The summed E-state index contributed by atoms with van der Waals surface area (Å²) in [5.74, 6) is -1.53. The lowest BCUT2D eigenvalue weighted by Crippen LogP contribution is -2.08. The summed E-state index contributed by atoms with van der Waals surface area (Å²) in [7, 11) is 0. The summed E-state index contributed by atoms with van der Waals surface area (Å²) in [5, 5.41) is 8.47. The van der Waals surface area contributed by atoms with Gasteiger partial charge in [0.1, 0.15) is 11.7 Å². The fourth-order valence-corrected chi connectivity index (χ4v) is 0.950. The average Bonchev–Trinajstić information content (AvgIpc) is 2.15. The Balaban J connectivity index is 2.97. The van der Waals surface area contributed by atoms with E-state index in [1.807, 2.05) is 6.07 Å². The highest BCUT2D eigenvalue weighted by atomic mass is 19.1. The van der Waals surface area contributed by atoms with Gasteiger partial charge in [-0.15, -0.1) is 0 Å². The molecular formula is C10H8FNO. The van der Waals surface area contributed by atoms with Crippen molar-refractivity contribution in [2.24, 2.45) is 5.92 Å². The smallest absolute Gasteiger partial charge is 0.179 e. The zero-order valence-electron chi connectivity index (χ0n) is 7.12. The van der Waals surface area contributed by atoms with Crippen LogP contribution in [0.15, 0.2) is 24.3 Å². The number of hydrogen-bond acceptors (Lipinski definition) is 2. The molecule has 0 aliphatic carbocycles. The summed E-state index contributed by atoms with van der Waals surface area (Å²) in [6, 6.07) is 7.15. The zero-order valence-corrected chi connectivity index (χ0v) is 7.12. The quantitative estimate of drug-likeness (QED) is 0.649. The number of ketones is 1. The van der Waals surface area contributed by atoms with Gasteiger partial charge in [-0.05, 0) is 19.1 Å². The van der Waals surface area contributed by atoms with E-state index in [-0.39, 0.29) is 11.3 Å². The maximum absolute atomic E-state index is 12.7. The van der Waals surface area contributed by atoms with Gasteiger partial charge in [-0.25, -0.2) is 4.39 Å². The van der Waals surface area contributed by atoms with Crippen LogP contribution in [0.2, 0.25) is 0 Å². The van der Waals surface area contributed by atoms with Crippen LogP contribution in [0.1, 0.15) is 17.3 Å². The monoisotopic (exact) mass is 177 g/mol. The second kappa shape index (κ2) is 3.81. The lowest BCUT2D eigenvalue weighted by Gasteiger charge is -2.00. The van der Waals surface area contributed by atoms with E-state index in [1.165, 1.54) is 25.1 Å². The van der Waals surface area contributed by atoms with Crippen LogP contribution in [-0.2, 0) is 0 Å². The highest BCUT2D eigenvalue weighted by Crippen LogP contribution is 2.09. The van der Waals surface area contributed by atoms with Gasteiger partial charge in [0.05, 0.1) is 6.07 Å². The summed E-state index contributed by atoms with van der Waals surface area (Å²) in [6.45, 7) is 1.49. The average molecular weight is 177 g/mol. The fourth-order valence-electron chi connectivity index (χ4n) is 0.950. The molecule has 66 valence electrons. The number of benzene rings is 1. The SMILES string of the molecule is CC(C#N)C(=O)c1cccc(F)c1. The lowest BCUT2D eigenvalue weighted by molar-refractivity contribution is 0.0956. The first-order chi connectivity index (χ1) is 6.15. The fraction of sp³-hybridized carbons (Fsp3) is 0.200. The molecule has 0 N–H and O–H groups in total. The topological polar surface area (TPSA) is 40.9 Å². The van der Waals surface area contributed by atoms with Crippen LogP contribution in [0.25, 0.3) is 0 Å². The van der Waals surface area contributed by atoms with Crippen molar-refractivity contribution < 1.29 is 9.18 Å². The van der Waals surface area contributed by atoms with E-state index in [2.05, 4.69) is 0 Å². The van der Waals surface area contributed by atoms with Gasteiger partial charge in [0, 0.05) is 5.56 Å². The van der Waals surface area contributed by atoms with Crippen LogP contribution in [0, 0.1) is 23.1 Å². The van der Waals surface area contributed by atoms with Crippen molar-refractivity contribution in [1.29, 1.82) is 5.26 Å². The van der Waals surface area contributed by atoms with E-state index >= 15 is 0 Å². The molecule has 0 saturated heterocycles. The Morgan fingerprint density at radius 1 is 1.62 bits per heavy atom. The molecule has 0 aliphatic heterocycles. The van der Waals surface area contributed by atoms with Gasteiger partial charge < -0.3 is 0 Å². The number of carbonyl (C=O) groups is 1. The third-order valence-corrected chi connectivity index (χ3v) is 1.70. The molecule has 0 saturated carbocycles. The molecule has 0 aromatic heterocycles. The molecule has 0 heterocycles. The third-order valence-electron chi connectivity index (χ3n) is 1.70. The number of halogens is 1. The van der Waals surface area contributed by atoms with Crippen molar-refractivity contribution in [1.82, 2.24) is 0 Å². The molecule has 1 rings (SSSR count). The van der Waals surface area contributed by atoms with Gasteiger partial charge in [0.2, 0.25) is 0 Å². The van der Waals surface area contributed by atoms with E-state index in [1.54, 1.807) is 0 Å². The van der Waals surface area contributed by atoms with E-state index in [0.717, 1.165) is 6.07 Å². The van der Waals surface area contributed by atoms with Crippen LogP contribution < -0.4 is 0 Å². The maximum Gasteiger partial charge on any atom is 0.179 e. The zero-order chi connectivity index (χ0) is 9.84. The van der Waals surface area contributed by atoms with Crippen molar-refractivity contribution in [3.8, 4) is 6.07 Å². The maximum atomic E-state index is 12.7. The third kappa shape index (κ3) is 2.12. The van der Waals surface area contributed by atoms with E-state index in [4.69, 9.17) is 5.26 Å². The van der Waals surface area contributed by atoms with Gasteiger partial charge >= 0.3 is 0 Å². The van der Waals surface area contributed by atoms with Gasteiger partial charge in [-0.3, -0.25) is 4.79 Å². The van der Waals surface area contributed by atoms with Crippen molar-refractivity contribution in [2.45, 2.75) is 6.92 Å². The van der Waals surface area contributed by atoms with Gasteiger partial charge in [0.15, 0.2) is 5.78 Å². The number of rotatable bonds is 2. The Bertz CT molecular complexity index is 367. The number of nitrogens with zero attached hydrogens (tertiary/aromatic N) is 1. The van der Waals surface area contributed by atoms with Crippen molar-refractivity contribution in [3.63, 3.8) is 0 Å². The highest BCUT2D eigenvalue weighted by molar-refractivity contribution is 5.99. The standard InChI is InChI=1S/C10H8FNO/c1-7(6-12)10(13)8-3-2-4-9(11)5-8/h2-5,7H,1H3. The minimum Gasteiger partial charge on any atom is -0.293 e. The number of nitriles is 1. The van der Waals surface area contributed by atoms with Crippen LogP contribution >= 0.6 is 0 Å². The first kappa shape index (κ1) is 9.40. The van der Waals surface area contributed by atoms with E-state index in [9.17, 15) is 9.18 Å². The van der Waals surface area contributed by atoms with Gasteiger partial charge in [-0.1, -0.05) is 12.1 Å². The first-order valence-corrected chi connectivity index (χ1v) is 3.84. The Morgan fingerprint density at radius 2 is 2.31 bits per heavy atom. The molecule has 0 bridgehead atoms. The van der Waals surface area contributed by atoms with Crippen molar-refractivity contribution in [3.05, 3.63) is 35.6 Å².